The van der Waals surface area contributed by atoms with Gasteiger partial charge in [-0.05, 0) is 44.4 Å². The molecule has 1 N–H and O–H groups in total. The Kier molecular flexibility index (Phi) is 3.43. The van der Waals surface area contributed by atoms with E-state index in [0.717, 1.165) is 24.3 Å². The minimum Gasteiger partial charge on any atom is -0.386 e. The van der Waals surface area contributed by atoms with Gasteiger partial charge in [-0.1, -0.05) is 17.4 Å². The van der Waals surface area contributed by atoms with Crippen LogP contribution in [0.4, 0.5) is 5.69 Å². The lowest BCUT2D eigenvalue weighted by Gasteiger charge is -2.17. The fourth-order valence-electron chi connectivity index (χ4n) is 1.85. The molecule has 0 amide bonds. The van der Waals surface area contributed by atoms with Crippen molar-refractivity contribution in [3.05, 3.63) is 29.8 Å². The molecule has 0 saturated carbocycles. The van der Waals surface area contributed by atoms with E-state index in [-0.39, 0.29) is 0 Å². The van der Waals surface area contributed by atoms with Crippen molar-refractivity contribution in [1.29, 1.82) is 0 Å². The molecule has 0 bridgehead atoms. The number of hydrogen-bond acceptors (Lipinski definition) is 3. The van der Waals surface area contributed by atoms with Crippen molar-refractivity contribution >= 4 is 5.69 Å². The van der Waals surface area contributed by atoms with Crippen LogP contribution in [0.2, 0.25) is 0 Å². The number of hydrogen-bond donors (Lipinski definition) is 1. The fourth-order valence-corrected chi connectivity index (χ4v) is 1.85. The largest absolute Gasteiger partial charge is 0.386 e. The fraction of sp³-hybridized carbons (Fsp3) is 0.538. The maximum absolute atomic E-state index is 9.91. The van der Waals surface area contributed by atoms with Crippen molar-refractivity contribution in [2.75, 3.05) is 13.1 Å². The lowest BCUT2D eigenvalue weighted by Crippen LogP contribution is -2.14. The van der Waals surface area contributed by atoms with Crippen LogP contribution < -0.4 is 0 Å². The Bertz CT molecular complexity index is 403. The van der Waals surface area contributed by atoms with Gasteiger partial charge in [0, 0.05) is 13.1 Å². The Balaban J connectivity index is 2.10. The summed E-state index contributed by atoms with van der Waals surface area (Å²) in [4.78, 5) is 0. The van der Waals surface area contributed by atoms with Crippen molar-refractivity contribution < 1.29 is 5.11 Å². The molecule has 1 aliphatic heterocycles. The van der Waals surface area contributed by atoms with E-state index in [1.165, 1.54) is 12.8 Å². The molecule has 0 aromatic heterocycles. The molecule has 4 heteroatoms. The van der Waals surface area contributed by atoms with E-state index in [2.05, 4.69) is 10.3 Å². The Hall–Kier alpha value is -1.42. The van der Waals surface area contributed by atoms with Crippen LogP contribution in [-0.2, 0) is 5.60 Å². The first-order chi connectivity index (χ1) is 8.05. The van der Waals surface area contributed by atoms with Gasteiger partial charge in [0.2, 0.25) is 0 Å². The Morgan fingerprint density at radius 3 is 2.59 bits per heavy atom. The van der Waals surface area contributed by atoms with Crippen molar-refractivity contribution in [3.63, 3.8) is 0 Å². The summed E-state index contributed by atoms with van der Waals surface area (Å²) in [6, 6.07) is 7.56. The zero-order valence-electron chi connectivity index (χ0n) is 10.4. The Morgan fingerprint density at radius 2 is 1.94 bits per heavy atom. The highest BCUT2D eigenvalue weighted by Crippen LogP contribution is 2.24. The quantitative estimate of drug-likeness (QED) is 0.816. The van der Waals surface area contributed by atoms with Crippen molar-refractivity contribution in [2.45, 2.75) is 32.3 Å². The van der Waals surface area contributed by atoms with E-state index in [0.29, 0.717) is 0 Å². The molecule has 1 saturated heterocycles. The highest BCUT2D eigenvalue weighted by Gasteiger charge is 2.15. The van der Waals surface area contributed by atoms with Gasteiger partial charge < -0.3 is 5.11 Å². The summed E-state index contributed by atoms with van der Waals surface area (Å²) in [5, 5.41) is 20.3. The summed E-state index contributed by atoms with van der Waals surface area (Å²) in [6.07, 6.45) is 2.39. The second-order valence-electron chi connectivity index (χ2n) is 4.96. The number of benzene rings is 1. The molecular formula is C13H19N3O. The van der Waals surface area contributed by atoms with E-state index in [1.54, 1.807) is 13.8 Å². The molecule has 0 atom stereocenters. The average Bonchev–Trinajstić information content (AvgIpc) is 2.78. The van der Waals surface area contributed by atoms with Crippen LogP contribution in [0, 0.1) is 0 Å². The number of nitrogens with zero attached hydrogens (tertiary/aromatic N) is 3. The SMILES string of the molecule is CC(C)(O)c1cccc(N=NN2CCCC2)c1. The molecular weight excluding hydrogens is 214 g/mol. The summed E-state index contributed by atoms with van der Waals surface area (Å²) in [7, 11) is 0. The van der Waals surface area contributed by atoms with Crippen LogP contribution in [0.5, 0.6) is 0 Å². The molecule has 17 heavy (non-hydrogen) atoms. The van der Waals surface area contributed by atoms with Crippen LogP contribution in [0.15, 0.2) is 34.6 Å². The van der Waals surface area contributed by atoms with Gasteiger partial charge in [0.25, 0.3) is 0 Å². The first-order valence-corrected chi connectivity index (χ1v) is 6.05. The minimum atomic E-state index is -0.834. The van der Waals surface area contributed by atoms with E-state index in [1.807, 2.05) is 29.3 Å². The second-order valence-corrected chi connectivity index (χ2v) is 4.96. The predicted molar refractivity (Wildman–Crippen MR) is 67.0 cm³/mol. The summed E-state index contributed by atoms with van der Waals surface area (Å²) < 4.78 is 0. The Labute approximate surface area is 102 Å². The molecule has 0 spiro atoms. The smallest absolute Gasteiger partial charge is 0.0878 e. The van der Waals surface area contributed by atoms with Crippen LogP contribution in [-0.4, -0.2) is 23.2 Å². The lowest BCUT2D eigenvalue weighted by atomic mass is 9.98. The normalized spacial score (nSPS) is 17.0. The van der Waals surface area contributed by atoms with Gasteiger partial charge in [0.1, 0.15) is 0 Å². The molecule has 0 aliphatic carbocycles. The molecule has 1 aromatic rings. The summed E-state index contributed by atoms with van der Waals surface area (Å²) in [6.45, 7) is 5.52. The van der Waals surface area contributed by atoms with Gasteiger partial charge in [-0.15, -0.1) is 5.11 Å². The minimum absolute atomic E-state index is 0.788. The van der Waals surface area contributed by atoms with E-state index < -0.39 is 5.60 Å². The molecule has 1 heterocycles. The van der Waals surface area contributed by atoms with E-state index >= 15 is 0 Å². The molecule has 0 unspecified atom stereocenters. The maximum Gasteiger partial charge on any atom is 0.0878 e. The number of rotatable bonds is 3. The van der Waals surface area contributed by atoms with Gasteiger partial charge in [-0.2, -0.15) is 0 Å². The standard InChI is InChI=1S/C13H19N3O/c1-13(2,17)11-6-5-7-12(10-11)14-15-16-8-3-4-9-16/h5-7,10,17H,3-4,8-9H2,1-2H3. The van der Waals surface area contributed by atoms with E-state index in [4.69, 9.17) is 0 Å². The molecule has 92 valence electrons. The van der Waals surface area contributed by atoms with Gasteiger partial charge in [-0.3, -0.25) is 5.01 Å². The summed E-state index contributed by atoms with van der Waals surface area (Å²) in [5.74, 6) is 0. The molecule has 2 rings (SSSR count). The van der Waals surface area contributed by atoms with Crippen LogP contribution in [0.25, 0.3) is 0 Å². The topological polar surface area (TPSA) is 48.2 Å². The average molecular weight is 233 g/mol. The lowest BCUT2D eigenvalue weighted by molar-refractivity contribution is 0.0786. The third kappa shape index (κ3) is 3.27. The molecule has 0 radical (unpaired) electrons. The molecule has 1 aromatic carbocycles. The van der Waals surface area contributed by atoms with Crippen molar-refractivity contribution in [1.82, 2.24) is 5.01 Å². The van der Waals surface area contributed by atoms with Crippen molar-refractivity contribution in [3.8, 4) is 0 Å². The monoisotopic (exact) mass is 233 g/mol. The van der Waals surface area contributed by atoms with Gasteiger partial charge in [-0.25, -0.2) is 0 Å². The highest BCUT2D eigenvalue weighted by molar-refractivity contribution is 5.41. The third-order valence-corrected chi connectivity index (χ3v) is 2.92. The maximum atomic E-state index is 9.91. The van der Waals surface area contributed by atoms with Crippen molar-refractivity contribution in [2.24, 2.45) is 10.3 Å². The van der Waals surface area contributed by atoms with Crippen LogP contribution in [0.1, 0.15) is 32.3 Å². The van der Waals surface area contributed by atoms with Gasteiger partial charge in [0.05, 0.1) is 11.3 Å². The van der Waals surface area contributed by atoms with Crippen LogP contribution in [0.3, 0.4) is 0 Å². The zero-order chi connectivity index (χ0) is 12.3. The molecule has 1 aliphatic rings. The summed E-state index contributed by atoms with van der Waals surface area (Å²) in [5.41, 5.74) is 0.811. The first kappa shape index (κ1) is 12.0. The molecule has 4 nitrogen and oxygen atoms in total. The highest BCUT2D eigenvalue weighted by atomic mass is 16.3. The number of aliphatic hydroxyl groups is 1. The zero-order valence-corrected chi connectivity index (χ0v) is 10.4. The molecule has 1 fully saturated rings. The van der Waals surface area contributed by atoms with Crippen LogP contribution >= 0.6 is 0 Å². The van der Waals surface area contributed by atoms with Gasteiger partial charge >= 0.3 is 0 Å². The first-order valence-electron chi connectivity index (χ1n) is 6.05. The predicted octanol–water partition coefficient (Wildman–Crippen LogP) is 3.01. The Morgan fingerprint density at radius 1 is 1.24 bits per heavy atom. The third-order valence-electron chi connectivity index (χ3n) is 2.92. The summed E-state index contributed by atoms with van der Waals surface area (Å²) >= 11 is 0. The van der Waals surface area contributed by atoms with E-state index in [9.17, 15) is 5.11 Å². The second kappa shape index (κ2) is 4.84. The van der Waals surface area contributed by atoms with Gasteiger partial charge in [0.15, 0.2) is 0 Å².